The monoisotopic (exact) mass is 505 g/mol. The van der Waals surface area contributed by atoms with Crippen LogP contribution in [0.25, 0.3) is 0 Å². The first-order valence-corrected chi connectivity index (χ1v) is 11.2. The molecule has 1 saturated carbocycles. The summed E-state index contributed by atoms with van der Waals surface area (Å²) in [5, 5.41) is 2.82. The van der Waals surface area contributed by atoms with Crippen LogP contribution >= 0.6 is 15.9 Å². The lowest BCUT2D eigenvalue weighted by atomic mass is 9.86. The number of para-hydroxylation sites is 1. The zero-order chi connectivity index (χ0) is 23.4. The molecule has 3 aromatic carbocycles. The van der Waals surface area contributed by atoms with Crippen molar-refractivity contribution in [1.82, 2.24) is 0 Å². The van der Waals surface area contributed by atoms with Crippen LogP contribution in [-0.2, 0) is 9.59 Å². The minimum Gasteiger partial charge on any atom is -0.497 e. The van der Waals surface area contributed by atoms with Gasteiger partial charge >= 0.3 is 5.97 Å². The summed E-state index contributed by atoms with van der Waals surface area (Å²) in [6.07, 6.45) is 0. The van der Waals surface area contributed by atoms with Crippen LogP contribution in [0.5, 0.6) is 11.5 Å². The molecule has 1 fully saturated rings. The highest BCUT2D eigenvalue weighted by atomic mass is 79.9. The lowest BCUT2D eigenvalue weighted by Crippen LogP contribution is -2.42. The molecule has 0 bridgehead atoms. The number of hydrogen-bond donors (Lipinski definition) is 1. The number of methoxy groups -OCH3 is 1. The Morgan fingerprint density at radius 3 is 2.33 bits per heavy atom. The average molecular weight is 506 g/mol. The van der Waals surface area contributed by atoms with Gasteiger partial charge in [0, 0.05) is 27.2 Å². The number of ether oxygens (including phenoxy) is 2. The van der Waals surface area contributed by atoms with Gasteiger partial charge in [-0.2, -0.15) is 0 Å². The van der Waals surface area contributed by atoms with Crippen molar-refractivity contribution in [3.8, 4) is 11.5 Å². The molecule has 7 heteroatoms. The molecule has 5 rings (SSSR count). The molecule has 166 valence electrons. The van der Waals surface area contributed by atoms with Gasteiger partial charge in [0.15, 0.2) is 11.2 Å². The Bertz CT molecular complexity index is 1290. The van der Waals surface area contributed by atoms with Gasteiger partial charge in [-0.15, -0.1) is 0 Å². The Hall–Kier alpha value is -3.45. The fourth-order valence-corrected chi connectivity index (χ4v) is 5.32. The highest BCUT2D eigenvalue weighted by Crippen LogP contribution is 2.78. The third-order valence-corrected chi connectivity index (χ3v) is 7.31. The Kier molecular flexibility index (Phi) is 4.90. The highest BCUT2D eigenvalue weighted by molar-refractivity contribution is 9.10. The minimum atomic E-state index is -1.68. The number of carbonyl (C=O) groups is 3. The zero-order valence-corrected chi connectivity index (χ0v) is 19.5. The predicted octanol–water partition coefficient (Wildman–Crippen LogP) is 4.99. The van der Waals surface area contributed by atoms with E-state index < -0.39 is 28.6 Å². The van der Waals surface area contributed by atoms with Crippen LogP contribution in [-0.4, -0.2) is 24.8 Å². The molecule has 1 heterocycles. The summed E-state index contributed by atoms with van der Waals surface area (Å²) in [7, 11) is 1.55. The van der Waals surface area contributed by atoms with Crippen molar-refractivity contribution in [2.75, 3.05) is 12.4 Å². The summed E-state index contributed by atoms with van der Waals surface area (Å²) in [6.45, 7) is 1.68. The lowest BCUT2D eigenvalue weighted by Gasteiger charge is -2.23. The first-order chi connectivity index (χ1) is 15.8. The molecule has 0 radical (unpaired) electrons. The molecule has 3 unspecified atom stereocenters. The van der Waals surface area contributed by atoms with Gasteiger partial charge in [0.2, 0.25) is 5.91 Å². The van der Waals surface area contributed by atoms with E-state index in [4.69, 9.17) is 9.47 Å². The van der Waals surface area contributed by atoms with Crippen molar-refractivity contribution in [2.24, 2.45) is 10.8 Å². The number of rotatable bonds is 5. The topological polar surface area (TPSA) is 81.7 Å². The summed E-state index contributed by atoms with van der Waals surface area (Å²) in [5.74, 6) is -1.19. The van der Waals surface area contributed by atoms with Gasteiger partial charge in [-0.3, -0.25) is 14.4 Å². The molecular formula is C26H20BrNO5. The van der Waals surface area contributed by atoms with Crippen LogP contribution in [0.2, 0.25) is 0 Å². The van der Waals surface area contributed by atoms with Gasteiger partial charge in [-0.25, -0.2) is 0 Å². The van der Waals surface area contributed by atoms with E-state index in [0.29, 0.717) is 28.3 Å². The molecule has 2 aliphatic rings. The van der Waals surface area contributed by atoms with Crippen LogP contribution in [0.4, 0.5) is 5.69 Å². The zero-order valence-electron chi connectivity index (χ0n) is 17.9. The molecule has 0 saturated heterocycles. The number of halogens is 1. The first-order valence-electron chi connectivity index (χ1n) is 10.4. The molecule has 6 nitrogen and oxygen atoms in total. The van der Waals surface area contributed by atoms with Gasteiger partial charge in [0.25, 0.3) is 0 Å². The van der Waals surface area contributed by atoms with Gasteiger partial charge in [-0.1, -0.05) is 46.3 Å². The number of anilines is 1. The van der Waals surface area contributed by atoms with Crippen LogP contribution < -0.4 is 14.8 Å². The maximum absolute atomic E-state index is 13.8. The Labute approximate surface area is 199 Å². The van der Waals surface area contributed by atoms with E-state index in [9.17, 15) is 14.4 Å². The van der Waals surface area contributed by atoms with Crippen molar-refractivity contribution >= 4 is 39.3 Å². The smallest absolute Gasteiger partial charge is 0.328 e. The lowest BCUT2D eigenvalue weighted by molar-refractivity contribution is -0.147. The van der Waals surface area contributed by atoms with Crippen LogP contribution in [0.15, 0.2) is 77.3 Å². The molecule has 3 aromatic rings. The molecular weight excluding hydrogens is 486 g/mol. The van der Waals surface area contributed by atoms with E-state index in [1.165, 1.54) is 0 Å². The SMILES string of the molecule is COc1ccc(NC(=O)C23C(=O)Oc4ccccc4C2C3(C)C(=O)c2ccc(Br)cc2)cc1. The van der Waals surface area contributed by atoms with Crippen molar-refractivity contribution in [2.45, 2.75) is 12.8 Å². The standard InChI is InChI=1S/C26H20BrNO5/c1-25(22(29)15-7-9-16(27)10-8-15)21-19-5-3-4-6-20(19)33-24(31)26(21,25)23(30)28-17-11-13-18(32-2)14-12-17/h3-14,21H,1-2H3,(H,28,30). The number of esters is 1. The van der Waals surface area contributed by atoms with Crippen molar-refractivity contribution in [1.29, 1.82) is 0 Å². The highest BCUT2D eigenvalue weighted by Gasteiger charge is 2.88. The van der Waals surface area contributed by atoms with Crippen molar-refractivity contribution in [3.05, 3.63) is 88.4 Å². The van der Waals surface area contributed by atoms with Gasteiger partial charge in [0.1, 0.15) is 11.5 Å². The summed E-state index contributed by atoms with van der Waals surface area (Å²) in [6, 6.07) is 20.7. The van der Waals surface area contributed by atoms with Gasteiger partial charge < -0.3 is 14.8 Å². The van der Waals surface area contributed by atoms with Crippen LogP contribution in [0, 0.1) is 10.8 Å². The minimum absolute atomic E-state index is 0.279. The average Bonchev–Trinajstić information content (AvgIpc) is 3.43. The summed E-state index contributed by atoms with van der Waals surface area (Å²) in [5.41, 5.74) is -1.38. The Balaban J connectivity index is 1.60. The number of benzene rings is 3. The normalized spacial score (nSPS) is 24.7. The van der Waals surface area contributed by atoms with E-state index in [0.717, 1.165) is 4.47 Å². The van der Waals surface area contributed by atoms with Crippen LogP contribution in [0.1, 0.15) is 28.8 Å². The number of nitrogens with one attached hydrogen (secondary N) is 1. The second-order valence-corrected chi connectivity index (χ2v) is 9.31. The number of amides is 1. The number of carbonyl (C=O) groups excluding carboxylic acids is 3. The first kappa shape index (κ1) is 21.4. The summed E-state index contributed by atoms with van der Waals surface area (Å²) >= 11 is 3.38. The molecule has 0 spiro atoms. The summed E-state index contributed by atoms with van der Waals surface area (Å²) < 4.78 is 11.6. The van der Waals surface area contributed by atoms with E-state index >= 15 is 0 Å². The van der Waals surface area contributed by atoms with E-state index in [2.05, 4.69) is 21.2 Å². The number of Topliss-reactive ketones (excluding diaryl/α,β-unsaturated/α-hetero) is 1. The van der Waals surface area contributed by atoms with E-state index in [-0.39, 0.29) is 5.78 Å². The molecule has 1 amide bonds. The van der Waals surface area contributed by atoms with E-state index in [1.807, 2.05) is 12.1 Å². The molecule has 33 heavy (non-hydrogen) atoms. The number of hydrogen-bond acceptors (Lipinski definition) is 5. The van der Waals surface area contributed by atoms with E-state index in [1.54, 1.807) is 74.7 Å². The molecule has 1 N–H and O–H groups in total. The third-order valence-electron chi connectivity index (χ3n) is 6.78. The predicted molar refractivity (Wildman–Crippen MR) is 125 cm³/mol. The van der Waals surface area contributed by atoms with Gasteiger partial charge in [-0.05, 0) is 49.4 Å². The molecule has 1 aliphatic heterocycles. The fourth-order valence-electron chi connectivity index (χ4n) is 5.06. The second kappa shape index (κ2) is 7.56. The van der Waals surface area contributed by atoms with Gasteiger partial charge in [0.05, 0.1) is 12.5 Å². The Morgan fingerprint density at radius 2 is 1.67 bits per heavy atom. The number of fused-ring (bicyclic) bond motifs is 3. The fraction of sp³-hybridized carbons (Fsp3) is 0.192. The quantitative estimate of drug-likeness (QED) is 0.228. The third kappa shape index (κ3) is 2.95. The largest absolute Gasteiger partial charge is 0.497 e. The maximum Gasteiger partial charge on any atom is 0.328 e. The second-order valence-electron chi connectivity index (χ2n) is 8.39. The maximum atomic E-state index is 13.8. The molecule has 0 aromatic heterocycles. The molecule has 1 aliphatic carbocycles. The molecule has 3 atom stereocenters. The summed E-state index contributed by atoms with van der Waals surface area (Å²) in [4.78, 5) is 40.9. The Morgan fingerprint density at radius 1 is 1.00 bits per heavy atom. The van der Waals surface area contributed by atoms with Crippen LogP contribution in [0.3, 0.4) is 0 Å². The van der Waals surface area contributed by atoms with Crippen molar-refractivity contribution < 1.29 is 23.9 Å². The van der Waals surface area contributed by atoms with Crippen molar-refractivity contribution in [3.63, 3.8) is 0 Å². The number of ketones is 1.